The first-order chi connectivity index (χ1) is 9.52. The van der Waals surface area contributed by atoms with Crippen LogP contribution >= 0.6 is 15.9 Å². The number of anilines is 1. The molecule has 0 bridgehead atoms. The Morgan fingerprint density at radius 2 is 2.25 bits per heavy atom. The number of allylic oxidation sites excluding steroid dienone is 1. The van der Waals surface area contributed by atoms with Crippen LogP contribution in [0.5, 0.6) is 0 Å². The van der Waals surface area contributed by atoms with Gasteiger partial charge in [0, 0.05) is 15.7 Å². The second-order valence-electron chi connectivity index (χ2n) is 4.33. The van der Waals surface area contributed by atoms with Crippen molar-refractivity contribution in [3.8, 4) is 0 Å². The maximum atomic E-state index is 11.6. The zero-order valence-electron chi connectivity index (χ0n) is 11.4. The normalized spacial score (nSPS) is 14.4. The smallest absolute Gasteiger partial charge is 0.327 e. The van der Waals surface area contributed by atoms with E-state index >= 15 is 0 Å². The number of benzene rings is 1. The van der Waals surface area contributed by atoms with Gasteiger partial charge in [-0.2, -0.15) is 0 Å². The summed E-state index contributed by atoms with van der Waals surface area (Å²) in [7, 11) is 0. The summed E-state index contributed by atoms with van der Waals surface area (Å²) in [6.07, 6.45) is 0. The van der Waals surface area contributed by atoms with Gasteiger partial charge >= 0.3 is 5.97 Å². The van der Waals surface area contributed by atoms with Crippen LogP contribution in [0.25, 0.3) is 5.70 Å². The molecule has 0 saturated carbocycles. The molecule has 2 rings (SSSR count). The summed E-state index contributed by atoms with van der Waals surface area (Å²) in [5, 5.41) is 1.69. The van der Waals surface area contributed by atoms with Crippen molar-refractivity contribution in [3.63, 3.8) is 0 Å². The Kier molecular flexibility index (Phi) is 4.51. The number of nitrogens with zero attached hydrogens (tertiary/aromatic N) is 1. The van der Waals surface area contributed by atoms with Gasteiger partial charge in [0.2, 0.25) is 0 Å². The number of hydrogen-bond donors (Lipinski definition) is 3. The molecule has 0 aliphatic carbocycles. The first kappa shape index (κ1) is 14.7. The minimum Gasteiger partial charge on any atom is -0.465 e. The van der Waals surface area contributed by atoms with Crippen molar-refractivity contribution in [2.75, 3.05) is 18.9 Å². The van der Waals surface area contributed by atoms with E-state index in [2.05, 4.69) is 26.9 Å². The highest BCUT2D eigenvalue weighted by molar-refractivity contribution is 9.10. The van der Waals surface area contributed by atoms with E-state index in [1.165, 1.54) is 0 Å². The minimum absolute atomic E-state index is 0.0967. The van der Waals surface area contributed by atoms with Crippen molar-refractivity contribution in [2.45, 2.75) is 13.8 Å². The number of nitrogen functional groups attached to an aromatic ring is 1. The predicted octanol–water partition coefficient (Wildman–Crippen LogP) is 1.61. The molecule has 1 aromatic carbocycles. The van der Waals surface area contributed by atoms with E-state index in [0.717, 1.165) is 21.4 Å². The van der Waals surface area contributed by atoms with E-state index in [-0.39, 0.29) is 12.5 Å². The van der Waals surface area contributed by atoms with Crippen LogP contribution in [0.4, 0.5) is 5.69 Å². The van der Waals surface area contributed by atoms with Crippen LogP contribution in [0.2, 0.25) is 0 Å². The molecule has 1 heterocycles. The second kappa shape index (κ2) is 6.15. The third kappa shape index (κ3) is 3.05. The third-order valence-corrected chi connectivity index (χ3v) is 3.36. The molecule has 20 heavy (non-hydrogen) atoms. The average Bonchev–Trinajstić information content (AvgIpc) is 2.74. The highest BCUT2D eigenvalue weighted by Gasteiger charge is 2.25. The number of ether oxygens (including phenoxy) is 1. The van der Waals surface area contributed by atoms with Crippen molar-refractivity contribution in [3.05, 3.63) is 33.9 Å². The number of hydrogen-bond acceptors (Lipinski definition) is 6. The van der Waals surface area contributed by atoms with Crippen LogP contribution in [0.1, 0.15) is 19.4 Å². The molecule has 0 saturated heterocycles. The van der Waals surface area contributed by atoms with Crippen LogP contribution in [0.3, 0.4) is 0 Å². The molecule has 0 fully saturated rings. The lowest BCUT2D eigenvalue weighted by molar-refractivity contribution is -0.144. The summed E-state index contributed by atoms with van der Waals surface area (Å²) >= 11 is 3.43. The van der Waals surface area contributed by atoms with Gasteiger partial charge in [-0.05, 0) is 32.0 Å². The molecule has 1 aliphatic heterocycles. The topological polar surface area (TPSA) is 79.6 Å². The predicted molar refractivity (Wildman–Crippen MR) is 80.8 cm³/mol. The number of nitrogens with one attached hydrogen (secondary N) is 2. The maximum absolute atomic E-state index is 11.6. The summed E-state index contributed by atoms with van der Waals surface area (Å²) < 4.78 is 5.89. The Labute approximate surface area is 126 Å². The Morgan fingerprint density at radius 3 is 2.95 bits per heavy atom. The summed E-state index contributed by atoms with van der Waals surface area (Å²) in [4.78, 5) is 11.6. The zero-order valence-corrected chi connectivity index (χ0v) is 13.0. The Balaban J connectivity index is 2.29. The Morgan fingerprint density at radius 1 is 1.50 bits per heavy atom. The van der Waals surface area contributed by atoms with Crippen LogP contribution in [0.15, 0.2) is 28.4 Å². The van der Waals surface area contributed by atoms with E-state index in [4.69, 9.17) is 10.5 Å². The van der Waals surface area contributed by atoms with Gasteiger partial charge in [0.15, 0.2) is 0 Å². The fourth-order valence-corrected chi connectivity index (χ4v) is 2.37. The van der Waals surface area contributed by atoms with Crippen molar-refractivity contribution in [1.29, 1.82) is 0 Å². The lowest BCUT2D eigenvalue weighted by atomic mass is 10.1. The number of halogens is 1. The molecule has 6 nitrogen and oxygen atoms in total. The van der Waals surface area contributed by atoms with Gasteiger partial charge in [-0.25, -0.2) is 0 Å². The second-order valence-corrected chi connectivity index (χ2v) is 5.25. The van der Waals surface area contributed by atoms with Crippen molar-refractivity contribution in [1.82, 2.24) is 16.0 Å². The summed E-state index contributed by atoms with van der Waals surface area (Å²) in [5.74, 6) is -0.303. The van der Waals surface area contributed by atoms with Crippen LogP contribution in [-0.2, 0) is 9.53 Å². The Bertz CT molecular complexity index is 559. The van der Waals surface area contributed by atoms with Gasteiger partial charge in [-0.1, -0.05) is 15.9 Å². The van der Waals surface area contributed by atoms with Crippen LogP contribution in [-0.4, -0.2) is 24.1 Å². The largest absolute Gasteiger partial charge is 0.465 e. The number of carbonyl (C=O) groups excluding carboxylic acids is 1. The van der Waals surface area contributed by atoms with E-state index in [1.807, 2.05) is 25.1 Å². The number of nitrogens with two attached hydrogens (primary N) is 1. The molecular weight excluding hydrogens is 324 g/mol. The number of carbonyl (C=O) groups is 1. The highest BCUT2D eigenvalue weighted by atomic mass is 79.9. The molecule has 7 heteroatoms. The quantitative estimate of drug-likeness (QED) is 0.570. The number of rotatable bonds is 4. The fraction of sp³-hybridized carbons (Fsp3) is 0.308. The van der Waals surface area contributed by atoms with Gasteiger partial charge in [0.25, 0.3) is 0 Å². The fourth-order valence-electron chi connectivity index (χ4n) is 2.00. The number of hydrazine groups is 2. The van der Waals surface area contributed by atoms with Gasteiger partial charge < -0.3 is 15.9 Å². The maximum Gasteiger partial charge on any atom is 0.327 e. The first-order valence-electron chi connectivity index (χ1n) is 6.24. The summed E-state index contributed by atoms with van der Waals surface area (Å²) in [6.45, 7) is 4.15. The molecule has 0 unspecified atom stereocenters. The van der Waals surface area contributed by atoms with Crippen LogP contribution < -0.4 is 16.7 Å². The Hall–Kier alpha value is -1.73. The molecule has 4 N–H and O–H groups in total. The standard InChI is InChI=1S/C13H17BrN4O2/c1-3-20-12(19)7-18-13(8(2)16-17-18)10-6-9(14)4-5-11(10)15/h4-6,16-17H,3,7,15H2,1-2H3. The molecular formula is C13H17BrN4O2. The monoisotopic (exact) mass is 340 g/mol. The molecule has 1 aromatic rings. The van der Waals surface area contributed by atoms with E-state index in [9.17, 15) is 4.79 Å². The average molecular weight is 341 g/mol. The molecule has 108 valence electrons. The SMILES string of the molecule is CCOC(=O)CN1NNC(C)=C1c1cc(Br)ccc1N. The van der Waals surface area contributed by atoms with Crippen molar-refractivity contribution < 1.29 is 9.53 Å². The van der Waals surface area contributed by atoms with Crippen LogP contribution in [0, 0.1) is 0 Å². The van der Waals surface area contributed by atoms with E-state index in [0.29, 0.717) is 12.3 Å². The first-order valence-corrected chi connectivity index (χ1v) is 7.03. The third-order valence-electron chi connectivity index (χ3n) is 2.87. The van der Waals surface area contributed by atoms with Gasteiger partial charge in [0.1, 0.15) is 6.54 Å². The molecule has 0 aromatic heterocycles. The van der Waals surface area contributed by atoms with E-state index in [1.54, 1.807) is 11.9 Å². The van der Waals surface area contributed by atoms with Gasteiger partial charge in [-0.15, -0.1) is 5.53 Å². The van der Waals surface area contributed by atoms with Gasteiger partial charge in [0.05, 0.1) is 18.0 Å². The van der Waals surface area contributed by atoms with Gasteiger partial charge in [-0.3, -0.25) is 9.80 Å². The zero-order chi connectivity index (χ0) is 14.7. The molecule has 1 aliphatic rings. The number of esters is 1. The molecule has 0 radical (unpaired) electrons. The van der Waals surface area contributed by atoms with Crippen molar-refractivity contribution in [2.24, 2.45) is 0 Å². The highest BCUT2D eigenvalue weighted by Crippen LogP contribution is 2.30. The lowest BCUT2D eigenvalue weighted by Crippen LogP contribution is -2.41. The lowest BCUT2D eigenvalue weighted by Gasteiger charge is -2.21. The summed E-state index contributed by atoms with van der Waals surface area (Å²) in [6, 6.07) is 5.61. The summed E-state index contributed by atoms with van der Waals surface area (Å²) in [5.41, 5.74) is 15.2. The minimum atomic E-state index is -0.303. The van der Waals surface area contributed by atoms with E-state index < -0.39 is 0 Å². The molecule has 0 amide bonds. The molecule has 0 atom stereocenters. The molecule has 0 spiro atoms. The van der Waals surface area contributed by atoms with Crippen molar-refractivity contribution >= 4 is 33.3 Å².